The number of rotatable bonds is 6. The van der Waals surface area contributed by atoms with Gasteiger partial charge in [-0.2, -0.15) is 0 Å². The van der Waals surface area contributed by atoms with Crippen molar-refractivity contribution in [3.8, 4) is 27.9 Å². The summed E-state index contributed by atoms with van der Waals surface area (Å²) >= 11 is 0. The van der Waals surface area contributed by atoms with Gasteiger partial charge in [0.25, 0.3) is 0 Å². The van der Waals surface area contributed by atoms with Crippen LogP contribution < -0.4 is 4.90 Å². The molecule has 0 aliphatic rings. The second-order valence-electron chi connectivity index (χ2n) is 12.2. The van der Waals surface area contributed by atoms with Crippen molar-refractivity contribution >= 4 is 49.6 Å². The zero-order chi connectivity index (χ0) is 31.9. The standard InChI is InChI=1S/C46H32N2/c1-2-14-34(15-3-1)41-21-6-9-25-44(41)47(36-30-28-35(29-31-36)40-24-12-17-33-16-4-5-20-39(33)40)37-18-13-19-38(32-37)48-45-26-10-7-22-42(45)43-23-8-11-27-46(43)48/h1-32H. The van der Waals surface area contributed by atoms with Crippen LogP contribution in [0.5, 0.6) is 0 Å². The Kier molecular flexibility index (Phi) is 6.84. The molecular weight excluding hydrogens is 581 g/mol. The van der Waals surface area contributed by atoms with Crippen molar-refractivity contribution in [1.82, 2.24) is 4.57 Å². The van der Waals surface area contributed by atoms with E-state index in [9.17, 15) is 0 Å². The first-order valence-electron chi connectivity index (χ1n) is 16.4. The quantitative estimate of drug-likeness (QED) is 0.181. The van der Waals surface area contributed by atoms with Crippen LogP contribution in [0.2, 0.25) is 0 Å². The summed E-state index contributed by atoms with van der Waals surface area (Å²) in [5, 5.41) is 5.03. The van der Waals surface area contributed by atoms with Gasteiger partial charge in [-0.15, -0.1) is 0 Å². The highest BCUT2D eigenvalue weighted by Crippen LogP contribution is 2.43. The highest BCUT2D eigenvalue weighted by molar-refractivity contribution is 6.09. The lowest BCUT2D eigenvalue weighted by atomic mass is 9.97. The van der Waals surface area contributed by atoms with Crippen molar-refractivity contribution in [2.75, 3.05) is 4.90 Å². The van der Waals surface area contributed by atoms with Crippen LogP contribution in [0, 0.1) is 0 Å². The van der Waals surface area contributed by atoms with Gasteiger partial charge in [-0.3, -0.25) is 0 Å². The molecule has 48 heavy (non-hydrogen) atoms. The smallest absolute Gasteiger partial charge is 0.0541 e. The molecule has 0 saturated heterocycles. The number of para-hydroxylation sites is 3. The van der Waals surface area contributed by atoms with Crippen LogP contribution in [0.4, 0.5) is 17.1 Å². The number of benzene rings is 8. The molecule has 1 aromatic heterocycles. The molecule has 9 rings (SSSR count). The fourth-order valence-corrected chi connectivity index (χ4v) is 7.20. The minimum Gasteiger partial charge on any atom is -0.310 e. The predicted molar refractivity (Wildman–Crippen MR) is 204 cm³/mol. The molecule has 0 unspecified atom stereocenters. The molecule has 0 bridgehead atoms. The van der Waals surface area contributed by atoms with Gasteiger partial charge in [-0.25, -0.2) is 0 Å². The molecule has 0 fully saturated rings. The first kappa shape index (κ1) is 27.9. The van der Waals surface area contributed by atoms with Crippen LogP contribution in [-0.4, -0.2) is 4.57 Å². The van der Waals surface area contributed by atoms with E-state index in [4.69, 9.17) is 0 Å². The van der Waals surface area contributed by atoms with Gasteiger partial charge in [-0.05, 0) is 76.0 Å². The molecule has 8 aromatic carbocycles. The lowest BCUT2D eigenvalue weighted by Crippen LogP contribution is -2.11. The lowest BCUT2D eigenvalue weighted by molar-refractivity contribution is 1.17. The van der Waals surface area contributed by atoms with Crippen LogP contribution in [0.1, 0.15) is 0 Å². The third-order valence-corrected chi connectivity index (χ3v) is 9.38. The zero-order valence-electron chi connectivity index (χ0n) is 26.4. The summed E-state index contributed by atoms with van der Waals surface area (Å²) in [4.78, 5) is 2.40. The lowest BCUT2D eigenvalue weighted by Gasteiger charge is -2.28. The summed E-state index contributed by atoms with van der Waals surface area (Å²) in [5.41, 5.74) is 11.6. The third-order valence-electron chi connectivity index (χ3n) is 9.38. The molecule has 1 heterocycles. The van der Waals surface area contributed by atoms with Crippen LogP contribution in [0.25, 0.3) is 60.5 Å². The first-order valence-corrected chi connectivity index (χ1v) is 16.4. The van der Waals surface area contributed by atoms with Gasteiger partial charge in [0.1, 0.15) is 0 Å². The molecule has 2 nitrogen and oxygen atoms in total. The molecule has 0 radical (unpaired) electrons. The van der Waals surface area contributed by atoms with Crippen LogP contribution in [-0.2, 0) is 0 Å². The van der Waals surface area contributed by atoms with Gasteiger partial charge in [0, 0.05) is 33.4 Å². The monoisotopic (exact) mass is 612 g/mol. The molecule has 0 N–H and O–H groups in total. The van der Waals surface area contributed by atoms with E-state index < -0.39 is 0 Å². The molecule has 226 valence electrons. The van der Waals surface area contributed by atoms with Crippen molar-refractivity contribution in [3.63, 3.8) is 0 Å². The Morgan fingerprint density at radius 3 is 1.69 bits per heavy atom. The Balaban J connectivity index is 1.24. The number of aromatic nitrogens is 1. The van der Waals surface area contributed by atoms with Crippen molar-refractivity contribution in [2.45, 2.75) is 0 Å². The number of fused-ring (bicyclic) bond motifs is 4. The molecule has 0 atom stereocenters. The van der Waals surface area contributed by atoms with Gasteiger partial charge < -0.3 is 9.47 Å². The van der Waals surface area contributed by atoms with Gasteiger partial charge >= 0.3 is 0 Å². The van der Waals surface area contributed by atoms with E-state index >= 15 is 0 Å². The summed E-state index contributed by atoms with van der Waals surface area (Å²) in [5.74, 6) is 0. The molecule has 2 heteroatoms. The molecule has 9 aromatic rings. The maximum atomic E-state index is 2.40. The van der Waals surface area contributed by atoms with Gasteiger partial charge in [0.15, 0.2) is 0 Å². The molecule has 0 aliphatic heterocycles. The second kappa shape index (κ2) is 11.8. The number of nitrogens with zero attached hydrogens (tertiary/aromatic N) is 2. The fourth-order valence-electron chi connectivity index (χ4n) is 7.20. The van der Waals surface area contributed by atoms with Crippen LogP contribution in [0.15, 0.2) is 194 Å². The minimum absolute atomic E-state index is 1.09. The van der Waals surface area contributed by atoms with Crippen molar-refractivity contribution < 1.29 is 0 Å². The maximum Gasteiger partial charge on any atom is 0.0541 e. The van der Waals surface area contributed by atoms with Gasteiger partial charge in [0.2, 0.25) is 0 Å². The molecule has 0 aliphatic carbocycles. The van der Waals surface area contributed by atoms with Crippen molar-refractivity contribution in [2.24, 2.45) is 0 Å². The minimum atomic E-state index is 1.09. The summed E-state index contributed by atoms with van der Waals surface area (Å²) in [6.07, 6.45) is 0. The maximum absolute atomic E-state index is 2.40. The fraction of sp³-hybridized carbons (Fsp3) is 0. The number of hydrogen-bond acceptors (Lipinski definition) is 1. The van der Waals surface area contributed by atoms with Gasteiger partial charge in [-0.1, -0.05) is 146 Å². The first-order chi connectivity index (χ1) is 23.8. The van der Waals surface area contributed by atoms with E-state index in [2.05, 4.69) is 204 Å². The summed E-state index contributed by atoms with van der Waals surface area (Å²) in [6.45, 7) is 0. The van der Waals surface area contributed by atoms with E-state index in [1.807, 2.05) is 0 Å². The predicted octanol–water partition coefficient (Wildman–Crippen LogP) is 12.7. The SMILES string of the molecule is c1ccc(-c2ccccc2N(c2ccc(-c3cccc4ccccc34)cc2)c2cccc(-n3c4ccccc4c4ccccc43)c2)cc1. The van der Waals surface area contributed by atoms with E-state index in [1.165, 1.54) is 54.8 Å². The van der Waals surface area contributed by atoms with Crippen LogP contribution >= 0.6 is 0 Å². The molecule has 0 amide bonds. The highest BCUT2D eigenvalue weighted by atomic mass is 15.1. The zero-order valence-corrected chi connectivity index (χ0v) is 26.4. The van der Waals surface area contributed by atoms with Crippen molar-refractivity contribution in [1.29, 1.82) is 0 Å². The van der Waals surface area contributed by atoms with E-state index in [1.54, 1.807) is 0 Å². The Morgan fingerprint density at radius 1 is 0.354 bits per heavy atom. The Labute approximate surface area is 280 Å². The highest BCUT2D eigenvalue weighted by Gasteiger charge is 2.19. The summed E-state index contributed by atoms with van der Waals surface area (Å²) in [7, 11) is 0. The molecular formula is C46H32N2. The average Bonchev–Trinajstić information content (AvgIpc) is 3.50. The average molecular weight is 613 g/mol. The molecule has 0 spiro atoms. The molecule has 0 saturated carbocycles. The van der Waals surface area contributed by atoms with E-state index in [0.717, 1.165) is 22.7 Å². The van der Waals surface area contributed by atoms with Crippen LogP contribution in [0.3, 0.4) is 0 Å². The Morgan fingerprint density at radius 2 is 0.917 bits per heavy atom. The Bertz CT molecular complexity index is 2500. The van der Waals surface area contributed by atoms with Crippen molar-refractivity contribution in [3.05, 3.63) is 194 Å². The topological polar surface area (TPSA) is 8.17 Å². The Hall–Kier alpha value is -6.38. The normalized spacial score (nSPS) is 11.3. The summed E-state index contributed by atoms with van der Waals surface area (Å²) in [6, 6.07) is 69.9. The van der Waals surface area contributed by atoms with E-state index in [-0.39, 0.29) is 0 Å². The number of hydrogen-bond donors (Lipinski definition) is 0. The largest absolute Gasteiger partial charge is 0.310 e. The van der Waals surface area contributed by atoms with E-state index in [0.29, 0.717) is 0 Å². The third kappa shape index (κ3) is 4.74. The second-order valence-corrected chi connectivity index (χ2v) is 12.2. The summed E-state index contributed by atoms with van der Waals surface area (Å²) < 4.78 is 2.39. The number of anilines is 3. The van der Waals surface area contributed by atoms with Gasteiger partial charge in [0.05, 0.1) is 16.7 Å².